The minimum absolute atomic E-state index is 0.00933. The fraction of sp³-hybridized carbons (Fsp3) is 0.636. The number of hydrogen-bond acceptors (Lipinski definition) is 5. The van der Waals surface area contributed by atoms with Gasteiger partial charge in [0, 0.05) is 32.9 Å². The van der Waals surface area contributed by atoms with Gasteiger partial charge in [-0.25, -0.2) is 17.9 Å². The molecule has 3 N–H and O–H groups in total. The third-order valence-electron chi connectivity index (χ3n) is 2.83. The summed E-state index contributed by atoms with van der Waals surface area (Å²) in [5, 5.41) is 0. The summed E-state index contributed by atoms with van der Waals surface area (Å²) in [7, 11) is -1.31. The zero-order valence-electron chi connectivity index (χ0n) is 11.8. The molecule has 1 aromatic rings. The van der Waals surface area contributed by atoms with Gasteiger partial charge in [0.05, 0.1) is 0 Å². The van der Waals surface area contributed by atoms with E-state index in [0.29, 0.717) is 12.8 Å². The van der Waals surface area contributed by atoms with Gasteiger partial charge in [-0.05, 0) is 19.8 Å². The van der Waals surface area contributed by atoms with Gasteiger partial charge in [-0.15, -0.1) is 0 Å². The van der Waals surface area contributed by atoms with Crippen molar-refractivity contribution in [1.82, 2.24) is 13.9 Å². The summed E-state index contributed by atoms with van der Waals surface area (Å²) in [5.74, 6) is 0. The highest BCUT2D eigenvalue weighted by Crippen LogP contribution is 2.01. The predicted molar refractivity (Wildman–Crippen MR) is 75.0 cm³/mol. The Kier molecular flexibility index (Phi) is 5.26. The van der Waals surface area contributed by atoms with Gasteiger partial charge in [0.15, 0.2) is 4.90 Å². The summed E-state index contributed by atoms with van der Waals surface area (Å²) < 4.78 is 28.2. The van der Waals surface area contributed by atoms with Crippen molar-refractivity contribution >= 4 is 10.0 Å². The third kappa shape index (κ3) is 3.78. The van der Waals surface area contributed by atoms with Crippen LogP contribution >= 0.6 is 0 Å². The van der Waals surface area contributed by atoms with Crippen molar-refractivity contribution in [1.29, 1.82) is 0 Å². The van der Waals surface area contributed by atoms with Crippen LogP contribution in [0.2, 0.25) is 0 Å². The summed E-state index contributed by atoms with van der Waals surface area (Å²) in [5.41, 5.74) is 4.15. The highest BCUT2D eigenvalue weighted by atomic mass is 32.2. The van der Waals surface area contributed by atoms with Crippen molar-refractivity contribution in [2.75, 3.05) is 6.54 Å². The van der Waals surface area contributed by atoms with E-state index in [9.17, 15) is 18.0 Å². The zero-order chi connectivity index (χ0) is 15.5. The van der Waals surface area contributed by atoms with Crippen LogP contribution in [-0.4, -0.2) is 30.1 Å². The van der Waals surface area contributed by atoms with Crippen molar-refractivity contribution < 1.29 is 8.42 Å². The Balaban J connectivity index is 3.00. The van der Waals surface area contributed by atoms with Gasteiger partial charge < -0.3 is 10.3 Å². The van der Waals surface area contributed by atoms with E-state index in [1.165, 1.54) is 14.1 Å². The van der Waals surface area contributed by atoms with E-state index in [0.717, 1.165) is 15.3 Å². The molecule has 9 heteroatoms. The molecule has 114 valence electrons. The zero-order valence-corrected chi connectivity index (χ0v) is 12.6. The van der Waals surface area contributed by atoms with Gasteiger partial charge in [-0.2, -0.15) is 0 Å². The second kappa shape index (κ2) is 6.33. The van der Waals surface area contributed by atoms with E-state index < -0.39 is 26.2 Å². The van der Waals surface area contributed by atoms with Crippen molar-refractivity contribution in [3.8, 4) is 0 Å². The van der Waals surface area contributed by atoms with Gasteiger partial charge in [-0.1, -0.05) is 0 Å². The summed E-state index contributed by atoms with van der Waals surface area (Å²) in [4.78, 5) is 22.9. The number of hydrogen-bond donors (Lipinski definition) is 2. The molecule has 1 atom stereocenters. The molecular weight excluding hydrogens is 284 g/mol. The molecule has 1 unspecified atom stereocenters. The maximum absolute atomic E-state index is 12.0. The normalized spacial score (nSPS) is 13.4. The Morgan fingerprint density at radius 2 is 1.95 bits per heavy atom. The molecule has 0 spiro atoms. The minimum atomic E-state index is -3.93. The molecule has 0 fully saturated rings. The Labute approximate surface area is 117 Å². The van der Waals surface area contributed by atoms with Gasteiger partial charge in [0.25, 0.3) is 5.56 Å². The molecule has 1 heterocycles. The topological polar surface area (TPSA) is 116 Å². The van der Waals surface area contributed by atoms with Crippen LogP contribution in [0.15, 0.2) is 20.7 Å². The fourth-order valence-corrected chi connectivity index (χ4v) is 2.90. The number of nitrogens with two attached hydrogens (primary N) is 1. The van der Waals surface area contributed by atoms with Crippen molar-refractivity contribution in [2.45, 2.75) is 30.7 Å². The maximum Gasteiger partial charge on any atom is 0.330 e. The highest BCUT2D eigenvalue weighted by molar-refractivity contribution is 7.89. The second-order valence-electron chi connectivity index (χ2n) is 4.77. The van der Waals surface area contributed by atoms with Gasteiger partial charge in [0.1, 0.15) is 0 Å². The molecule has 0 aliphatic rings. The Morgan fingerprint density at radius 3 is 2.50 bits per heavy atom. The predicted octanol–water partition coefficient (Wildman–Crippen LogP) is -1.51. The molecule has 1 aromatic heterocycles. The summed E-state index contributed by atoms with van der Waals surface area (Å²) >= 11 is 0. The van der Waals surface area contributed by atoms with Crippen LogP contribution in [0, 0.1) is 0 Å². The number of aryl methyl sites for hydroxylation is 1. The number of aromatic nitrogens is 2. The lowest BCUT2D eigenvalue weighted by Gasteiger charge is -2.09. The van der Waals surface area contributed by atoms with Crippen LogP contribution in [0.25, 0.3) is 0 Å². The molecule has 20 heavy (non-hydrogen) atoms. The molecule has 0 amide bonds. The lowest BCUT2D eigenvalue weighted by molar-refractivity contribution is 0.560. The first-order chi connectivity index (χ1) is 9.16. The summed E-state index contributed by atoms with van der Waals surface area (Å²) in [6.45, 7) is 2.02. The van der Waals surface area contributed by atoms with Crippen LogP contribution in [0.3, 0.4) is 0 Å². The Morgan fingerprint density at radius 1 is 1.35 bits per heavy atom. The SMILES string of the molecule is CC(N)CCCNS(=O)(=O)c1cn(C)c(=O)n(C)c1=O. The lowest BCUT2D eigenvalue weighted by atomic mass is 10.2. The molecule has 0 saturated heterocycles. The standard InChI is InChI=1S/C11H20N4O4S/c1-8(12)5-4-6-13-20(18,19)9-7-14(2)11(17)15(3)10(9)16/h7-8,13H,4-6,12H2,1-3H3. The molecule has 0 aliphatic heterocycles. The average Bonchev–Trinajstić information content (AvgIpc) is 2.36. The second-order valence-corrected chi connectivity index (χ2v) is 6.50. The summed E-state index contributed by atoms with van der Waals surface area (Å²) in [6, 6.07) is -0.00933. The minimum Gasteiger partial charge on any atom is -0.328 e. The Bertz CT molecular complexity index is 687. The largest absolute Gasteiger partial charge is 0.330 e. The van der Waals surface area contributed by atoms with Crippen molar-refractivity contribution in [3.05, 3.63) is 27.0 Å². The fourth-order valence-electron chi connectivity index (χ4n) is 1.67. The average molecular weight is 304 g/mol. The van der Waals surface area contributed by atoms with E-state index in [1.54, 1.807) is 0 Å². The van der Waals surface area contributed by atoms with Crippen LogP contribution in [0.5, 0.6) is 0 Å². The highest BCUT2D eigenvalue weighted by Gasteiger charge is 2.20. The van der Waals surface area contributed by atoms with E-state index >= 15 is 0 Å². The monoisotopic (exact) mass is 304 g/mol. The quantitative estimate of drug-likeness (QED) is 0.620. The maximum atomic E-state index is 12.0. The van der Waals surface area contributed by atoms with E-state index in [4.69, 9.17) is 5.73 Å². The first-order valence-electron chi connectivity index (χ1n) is 6.18. The lowest BCUT2D eigenvalue weighted by Crippen LogP contribution is -2.41. The molecule has 0 radical (unpaired) electrons. The molecule has 0 bridgehead atoms. The number of nitrogens with zero attached hydrogens (tertiary/aromatic N) is 2. The third-order valence-corrected chi connectivity index (χ3v) is 4.28. The first kappa shape index (κ1) is 16.6. The first-order valence-corrected chi connectivity index (χ1v) is 7.67. The van der Waals surface area contributed by atoms with Crippen LogP contribution < -0.4 is 21.7 Å². The van der Waals surface area contributed by atoms with E-state index in [-0.39, 0.29) is 12.6 Å². The smallest absolute Gasteiger partial charge is 0.328 e. The number of nitrogens with one attached hydrogen (secondary N) is 1. The molecule has 8 nitrogen and oxygen atoms in total. The van der Waals surface area contributed by atoms with Crippen LogP contribution in [0.4, 0.5) is 0 Å². The van der Waals surface area contributed by atoms with Crippen LogP contribution in [-0.2, 0) is 24.1 Å². The molecule has 0 aliphatic carbocycles. The van der Waals surface area contributed by atoms with Gasteiger partial charge in [-0.3, -0.25) is 9.36 Å². The number of rotatable bonds is 6. The van der Waals surface area contributed by atoms with Crippen molar-refractivity contribution in [3.63, 3.8) is 0 Å². The summed E-state index contributed by atoms with van der Waals surface area (Å²) in [6.07, 6.45) is 2.27. The van der Waals surface area contributed by atoms with Crippen LogP contribution in [0.1, 0.15) is 19.8 Å². The Hall–Kier alpha value is -1.45. The molecule has 0 saturated carbocycles. The van der Waals surface area contributed by atoms with Gasteiger partial charge in [0.2, 0.25) is 10.0 Å². The molecule has 1 rings (SSSR count). The molecule has 0 aromatic carbocycles. The van der Waals surface area contributed by atoms with Gasteiger partial charge >= 0.3 is 5.69 Å². The van der Waals surface area contributed by atoms with E-state index in [1.807, 2.05) is 6.92 Å². The molecular formula is C11H20N4O4S. The van der Waals surface area contributed by atoms with Crippen molar-refractivity contribution in [2.24, 2.45) is 19.8 Å². The number of sulfonamides is 1. The van der Waals surface area contributed by atoms with E-state index in [2.05, 4.69) is 4.72 Å².